The van der Waals surface area contributed by atoms with E-state index < -0.39 is 0 Å². The Bertz CT molecular complexity index is 626. The molecule has 1 aliphatic rings. The summed E-state index contributed by atoms with van der Waals surface area (Å²) in [5, 5.41) is 8.64. The Labute approximate surface area is 149 Å². The molecular formula is C19H26N4O2. The van der Waals surface area contributed by atoms with Crippen LogP contribution >= 0.6 is 0 Å². The molecule has 6 heteroatoms. The standard InChI is InChI=1S/C19H26N4O2/c1-3-15-14-23(19(25)17-6-4-9-21-13-17)11-7-16(15)12-18(24)22(2)10-5-8-20/h4,6,9,13,15-16H,3,5,7,10-12,14H2,1-2H3/t15-,16+/m1/s1. The minimum Gasteiger partial charge on any atom is -0.345 e. The number of amides is 2. The van der Waals surface area contributed by atoms with E-state index >= 15 is 0 Å². The molecule has 2 rings (SSSR count). The highest BCUT2D eigenvalue weighted by Crippen LogP contribution is 2.30. The van der Waals surface area contributed by atoms with Crippen molar-refractivity contribution >= 4 is 11.8 Å². The van der Waals surface area contributed by atoms with Crippen molar-refractivity contribution in [3.05, 3.63) is 30.1 Å². The molecule has 0 bridgehead atoms. The van der Waals surface area contributed by atoms with E-state index in [9.17, 15) is 9.59 Å². The lowest BCUT2D eigenvalue weighted by Gasteiger charge is -2.38. The molecule has 1 fully saturated rings. The molecule has 2 heterocycles. The molecule has 25 heavy (non-hydrogen) atoms. The van der Waals surface area contributed by atoms with E-state index in [0.29, 0.717) is 49.9 Å². The summed E-state index contributed by atoms with van der Waals surface area (Å²) in [5.41, 5.74) is 0.614. The fourth-order valence-electron chi connectivity index (χ4n) is 3.39. The Kier molecular flexibility index (Phi) is 6.93. The van der Waals surface area contributed by atoms with Crippen LogP contribution < -0.4 is 0 Å². The smallest absolute Gasteiger partial charge is 0.255 e. The van der Waals surface area contributed by atoms with Crippen molar-refractivity contribution in [2.24, 2.45) is 11.8 Å². The van der Waals surface area contributed by atoms with Crippen LogP contribution in [0.4, 0.5) is 0 Å². The van der Waals surface area contributed by atoms with Gasteiger partial charge in [0.15, 0.2) is 0 Å². The lowest BCUT2D eigenvalue weighted by molar-refractivity contribution is -0.131. The number of carbonyl (C=O) groups is 2. The van der Waals surface area contributed by atoms with Gasteiger partial charge >= 0.3 is 0 Å². The number of rotatable bonds is 6. The van der Waals surface area contributed by atoms with Crippen LogP contribution in [-0.4, -0.2) is 53.3 Å². The summed E-state index contributed by atoms with van der Waals surface area (Å²) in [4.78, 5) is 32.5. The monoisotopic (exact) mass is 342 g/mol. The summed E-state index contributed by atoms with van der Waals surface area (Å²) in [6, 6.07) is 5.63. The normalized spacial score (nSPS) is 20.0. The van der Waals surface area contributed by atoms with Crippen LogP contribution in [0.3, 0.4) is 0 Å². The second kappa shape index (κ2) is 9.16. The molecule has 1 saturated heterocycles. The summed E-state index contributed by atoms with van der Waals surface area (Å²) >= 11 is 0. The van der Waals surface area contributed by atoms with Gasteiger partial charge in [0.2, 0.25) is 5.91 Å². The largest absolute Gasteiger partial charge is 0.345 e. The van der Waals surface area contributed by atoms with Crippen LogP contribution in [0.2, 0.25) is 0 Å². The fourth-order valence-corrected chi connectivity index (χ4v) is 3.39. The summed E-state index contributed by atoms with van der Waals surface area (Å²) < 4.78 is 0. The molecule has 0 spiro atoms. The van der Waals surface area contributed by atoms with Gasteiger partial charge in [-0.25, -0.2) is 0 Å². The SMILES string of the molecule is CC[C@@H]1CN(C(=O)c2cccnc2)CC[C@H]1CC(=O)N(C)CCC#N. The van der Waals surface area contributed by atoms with Gasteiger partial charge in [-0.3, -0.25) is 14.6 Å². The van der Waals surface area contributed by atoms with Crippen LogP contribution in [0.15, 0.2) is 24.5 Å². The maximum atomic E-state index is 12.6. The van der Waals surface area contributed by atoms with Crippen molar-refractivity contribution in [1.82, 2.24) is 14.8 Å². The van der Waals surface area contributed by atoms with E-state index in [-0.39, 0.29) is 11.8 Å². The molecule has 0 N–H and O–H groups in total. The molecule has 1 aromatic rings. The molecule has 0 aromatic carbocycles. The van der Waals surface area contributed by atoms with E-state index in [1.54, 1.807) is 36.5 Å². The number of carbonyl (C=O) groups excluding carboxylic acids is 2. The summed E-state index contributed by atoms with van der Waals surface area (Å²) in [6.07, 6.45) is 5.89. The van der Waals surface area contributed by atoms with E-state index in [4.69, 9.17) is 5.26 Å². The molecule has 0 aliphatic carbocycles. The number of likely N-dealkylation sites (tertiary alicyclic amines) is 1. The van der Waals surface area contributed by atoms with E-state index in [0.717, 1.165) is 12.8 Å². The van der Waals surface area contributed by atoms with Crippen molar-refractivity contribution in [2.75, 3.05) is 26.7 Å². The predicted molar refractivity (Wildman–Crippen MR) is 94.5 cm³/mol. The van der Waals surface area contributed by atoms with Gasteiger partial charge in [0.25, 0.3) is 5.91 Å². The quantitative estimate of drug-likeness (QED) is 0.795. The first-order chi connectivity index (χ1) is 12.1. The first kappa shape index (κ1) is 18.9. The fraction of sp³-hybridized carbons (Fsp3) is 0.579. The minimum absolute atomic E-state index is 0.0162. The highest BCUT2D eigenvalue weighted by molar-refractivity contribution is 5.94. The zero-order chi connectivity index (χ0) is 18.2. The summed E-state index contributed by atoms with van der Waals surface area (Å²) in [6.45, 7) is 3.94. The lowest BCUT2D eigenvalue weighted by atomic mass is 9.81. The second-order valence-corrected chi connectivity index (χ2v) is 6.64. The first-order valence-electron chi connectivity index (χ1n) is 8.87. The number of aromatic nitrogens is 1. The van der Waals surface area contributed by atoms with Gasteiger partial charge in [0.05, 0.1) is 18.1 Å². The number of hydrogen-bond acceptors (Lipinski definition) is 4. The van der Waals surface area contributed by atoms with Gasteiger partial charge < -0.3 is 9.80 Å². The van der Waals surface area contributed by atoms with Crippen LogP contribution in [0, 0.1) is 23.2 Å². The molecule has 0 unspecified atom stereocenters. The Morgan fingerprint density at radius 3 is 2.88 bits per heavy atom. The Morgan fingerprint density at radius 2 is 2.24 bits per heavy atom. The van der Waals surface area contributed by atoms with E-state index in [1.807, 2.05) is 4.90 Å². The predicted octanol–water partition coefficient (Wildman–Crippen LogP) is 2.33. The first-order valence-corrected chi connectivity index (χ1v) is 8.87. The van der Waals surface area contributed by atoms with E-state index in [2.05, 4.69) is 18.0 Å². The molecular weight excluding hydrogens is 316 g/mol. The highest BCUT2D eigenvalue weighted by atomic mass is 16.2. The molecule has 1 aliphatic heterocycles. The van der Waals surface area contributed by atoms with Crippen LogP contribution in [0.25, 0.3) is 0 Å². The molecule has 6 nitrogen and oxygen atoms in total. The van der Waals surface area contributed by atoms with Gasteiger partial charge in [-0.2, -0.15) is 5.26 Å². The maximum Gasteiger partial charge on any atom is 0.255 e. The molecule has 2 atom stereocenters. The van der Waals surface area contributed by atoms with Gasteiger partial charge in [-0.1, -0.05) is 13.3 Å². The van der Waals surface area contributed by atoms with Gasteiger partial charge in [0.1, 0.15) is 0 Å². The van der Waals surface area contributed by atoms with Gasteiger partial charge in [-0.15, -0.1) is 0 Å². The van der Waals surface area contributed by atoms with Crippen LogP contribution in [-0.2, 0) is 4.79 Å². The van der Waals surface area contributed by atoms with Gasteiger partial charge in [-0.05, 0) is 30.4 Å². The van der Waals surface area contributed by atoms with Crippen LogP contribution in [0.5, 0.6) is 0 Å². The summed E-state index contributed by atoms with van der Waals surface area (Å²) in [7, 11) is 1.75. The Hall–Kier alpha value is -2.42. The molecule has 134 valence electrons. The lowest BCUT2D eigenvalue weighted by Crippen LogP contribution is -2.45. The summed E-state index contributed by atoms with van der Waals surface area (Å²) in [5.74, 6) is 0.718. The van der Waals surface area contributed by atoms with Crippen molar-refractivity contribution in [3.63, 3.8) is 0 Å². The Morgan fingerprint density at radius 1 is 1.44 bits per heavy atom. The third-order valence-corrected chi connectivity index (χ3v) is 5.03. The van der Waals surface area contributed by atoms with E-state index in [1.165, 1.54) is 0 Å². The minimum atomic E-state index is 0.0162. The van der Waals surface area contributed by atoms with Crippen molar-refractivity contribution in [3.8, 4) is 6.07 Å². The number of pyridine rings is 1. The molecule has 0 radical (unpaired) electrons. The average molecular weight is 342 g/mol. The molecule has 0 saturated carbocycles. The zero-order valence-corrected chi connectivity index (χ0v) is 15.0. The zero-order valence-electron chi connectivity index (χ0n) is 15.0. The van der Waals surface area contributed by atoms with Crippen molar-refractivity contribution in [2.45, 2.75) is 32.6 Å². The number of hydrogen-bond donors (Lipinski definition) is 0. The third-order valence-electron chi connectivity index (χ3n) is 5.03. The Balaban J connectivity index is 1.94. The van der Waals surface area contributed by atoms with Crippen LogP contribution in [0.1, 0.15) is 43.0 Å². The van der Waals surface area contributed by atoms with Crippen molar-refractivity contribution in [1.29, 1.82) is 5.26 Å². The molecule has 1 aromatic heterocycles. The number of piperidine rings is 1. The topological polar surface area (TPSA) is 77.3 Å². The highest BCUT2D eigenvalue weighted by Gasteiger charge is 2.32. The average Bonchev–Trinajstić information content (AvgIpc) is 2.66. The molecule has 2 amide bonds. The second-order valence-electron chi connectivity index (χ2n) is 6.64. The number of nitriles is 1. The van der Waals surface area contributed by atoms with Crippen molar-refractivity contribution < 1.29 is 9.59 Å². The maximum absolute atomic E-state index is 12.6. The number of nitrogens with zero attached hydrogens (tertiary/aromatic N) is 4. The third kappa shape index (κ3) is 5.02. The van der Waals surface area contributed by atoms with Gasteiger partial charge in [0, 0.05) is 45.5 Å².